The highest BCUT2D eigenvalue weighted by Crippen LogP contribution is 2.58. The topological polar surface area (TPSA) is 172 Å². The molecule has 2 heterocycles. The van der Waals surface area contributed by atoms with Crippen molar-refractivity contribution in [2.24, 2.45) is 5.92 Å². The Kier molecular flexibility index (Phi) is 16.9. The number of alkyl halides is 1. The lowest BCUT2D eigenvalue weighted by Gasteiger charge is -2.51. The Morgan fingerprint density at radius 2 is 1.26 bits per heavy atom. The zero-order valence-corrected chi connectivity index (χ0v) is 43.4. The first kappa shape index (κ1) is 54.0. The summed E-state index contributed by atoms with van der Waals surface area (Å²) in [7, 11) is -2.30. The van der Waals surface area contributed by atoms with Gasteiger partial charge in [0.1, 0.15) is 28.5 Å². The maximum absolute atomic E-state index is 15.4. The van der Waals surface area contributed by atoms with Gasteiger partial charge in [0.2, 0.25) is 23.1 Å². The minimum Gasteiger partial charge on any atom is -0.458 e. The number of hydrogen-bond acceptors (Lipinski definition) is 14. The van der Waals surface area contributed by atoms with Gasteiger partial charge in [-0.25, -0.2) is 19.2 Å². The van der Waals surface area contributed by atoms with Crippen LogP contribution >= 0.6 is 15.9 Å². The van der Waals surface area contributed by atoms with E-state index in [-0.39, 0.29) is 18.9 Å². The second-order valence-electron chi connectivity index (χ2n) is 21.4. The molecule has 4 rings (SSSR count). The number of esters is 3. The molecule has 0 saturated carbocycles. The smallest absolute Gasteiger partial charge is 0.458 e. The lowest BCUT2D eigenvalue weighted by molar-refractivity contribution is -0.376. The van der Waals surface area contributed by atoms with Gasteiger partial charge in [0, 0.05) is 11.4 Å². The molecule has 2 fully saturated rings. The number of hydrogen-bond donors (Lipinski definition) is 1. The van der Waals surface area contributed by atoms with E-state index in [0.717, 1.165) is 5.56 Å². The van der Waals surface area contributed by atoms with Gasteiger partial charge in [0.25, 0.3) is 0 Å². The Labute approximate surface area is 394 Å². The van der Waals surface area contributed by atoms with Crippen molar-refractivity contribution in [3.63, 3.8) is 0 Å². The molecule has 14 nitrogen and oxygen atoms in total. The summed E-state index contributed by atoms with van der Waals surface area (Å²) in [5, 5.41) is 13.4. The van der Waals surface area contributed by atoms with Crippen LogP contribution < -0.4 is 0 Å². The molecule has 2 saturated heterocycles. The highest BCUT2D eigenvalue weighted by Gasteiger charge is 2.87. The summed E-state index contributed by atoms with van der Waals surface area (Å²) in [6.45, 7) is 25.0. The molecule has 2 bridgehead atoms. The first-order valence-corrected chi connectivity index (χ1v) is 26.3. The van der Waals surface area contributed by atoms with E-state index in [1.807, 2.05) is 36.4 Å². The summed E-state index contributed by atoms with van der Waals surface area (Å²) in [5.74, 6) is -6.54. The fourth-order valence-electron chi connectivity index (χ4n) is 7.47. The second-order valence-corrected chi connectivity index (χ2v) is 27.2. The summed E-state index contributed by atoms with van der Waals surface area (Å²) in [6, 6.07) is 18.8. The molecule has 0 aliphatic carbocycles. The van der Waals surface area contributed by atoms with Gasteiger partial charge in [-0.1, -0.05) is 95.7 Å². The van der Waals surface area contributed by atoms with Gasteiger partial charge in [-0.05, 0) is 120 Å². The molecular formula is C49H71BrO14Si. The van der Waals surface area contributed by atoms with E-state index >= 15 is 4.79 Å². The number of ether oxygens (including phenoxy) is 8. The summed E-state index contributed by atoms with van der Waals surface area (Å²) in [5.41, 5.74) is -9.67. The molecule has 2 aromatic carbocycles. The molecule has 16 heteroatoms. The maximum atomic E-state index is 15.4. The average Bonchev–Trinajstić information content (AvgIpc) is 3.39. The highest BCUT2D eigenvalue weighted by molar-refractivity contribution is 9.09. The average molecular weight is 992 g/mol. The number of carbonyl (C=O) groups excluding carboxylic acids is 4. The Balaban J connectivity index is 2.09. The second kappa shape index (κ2) is 20.3. The van der Waals surface area contributed by atoms with E-state index in [9.17, 15) is 19.5 Å². The fourth-order valence-corrected chi connectivity index (χ4v) is 8.97. The van der Waals surface area contributed by atoms with E-state index in [4.69, 9.17) is 42.3 Å². The number of rotatable bonds is 16. The number of halogens is 1. The number of aliphatic hydroxyl groups is 1. The van der Waals surface area contributed by atoms with Crippen LogP contribution in [0.5, 0.6) is 0 Å². The van der Waals surface area contributed by atoms with Crippen LogP contribution in [-0.2, 0) is 69.7 Å². The van der Waals surface area contributed by atoms with Crippen molar-refractivity contribution >= 4 is 48.3 Å². The molecule has 0 spiro atoms. The maximum Gasteiger partial charge on any atom is 0.509 e. The van der Waals surface area contributed by atoms with E-state index in [0.29, 0.717) is 16.9 Å². The van der Waals surface area contributed by atoms with Crippen molar-refractivity contribution in [2.75, 3.05) is 4.95 Å². The third-order valence-corrected chi connectivity index (χ3v) is 15.7. The SMILES string of the molecule is C[C@H](Cc1ccccc1)[C@@H](/C=C/C[C@]12O[C@H](C(=O)OC(C)(C)C)[C@@](O)(C(=O)OC(C)(C)C)[C@](C(=O)OC(C)(C)C)(O1)[C@H](OCc1ccccc1)[C@H]2OC(=O)OC(C)(C)C)O[Si](C)(C)CBr. The summed E-state index contributed by atoms with van der Waals surface area (Å²) >= 11 is 3.63. The van der Waals surface area contributed by atoms with Crippen molar-refractivity contribution in [2.45, 2.75) is 186 Å². The third-order valence-electron chi connectivity index (χ3n) is 10.1. The van der Waals surface area contributed by atoms with E-state index in [2.05, 4.69) is 35.9 Å². The molecule has 0 radical (unpaired) electrons. The van der Waals surface area contributed by atoms with Crippen LogP contribution in [0.2, 0.25) is 13.1 Å². The predicted octanol–water partition coefficient (Wildman–Crippen LogP) is 8.86. The van der Waals surface area contributed by atoms with E-state index < -0.39 is 96.2 Å². The lowest BCUT2D eigenvalue weighted by atomic mass is 9.74. The van der Waals surface area contributed by atoms with E-state index in [1.165, 1.54) is 0 Å². The van der Waals surface area contributed by atoms with E-state index in [1.54, 1.807) is 119 Å². The molecular weight excluding hydrogens is 921 g/mol. The molecule has 0 amide bonds. The first-order valence-electron chi connectivity index (χ1n) is 22.1. The number of carbonyl (C=O) groups is 4. The fraction of sp³-hybridized carbons (Fsp3) is 0.633. The molecule has 8 atom stereocenters. The first-order chi connectivity index (χ1) is 29.8. The van der Waals surface area contributed by atoms with Crippen molar-refractivity contribution in [3.05, 3.63) is 83.9 Å². The normalized spacial score (nSPS) is 26.0. The minimum absolute atomic E-state index is 0.0721. The third kappa shape index (κ3) is 13.7. The number of benzene rings is 2. The largest absolute Gasteiger partial charge is 0.509 e. The van der Waals surface area contributed by atoms with Gasteiger partial charge in [0.15, 0.2) is 14.4 Å². The zero-order chi connectivity index (χ0) is 49.0. The zero-order valence-electron chi connectivity index (χ0n) is 40.8. The van der Waals surface area contributed by atoms with Gasteiger partial charge >= 0.3 is 24.1 Å². The number of fused-ring (bicyclic) bond motifs is 2. The molecule has 0 unspecified atom stereocenters. The molecule has 1 N–H and O–H groups in total. The van der Waals surface area contributed by atoms with Crippen LogP contribution in [0.4, 0.5) is 4.79 Å². The van der Waals surface area contributed by atoms with Gasteiger partial charge in [-0.2, -0.15) is 0 Å². The van der Waals surface area contributed by atoms with Crippen LogP contribution in [0.25, 0.3) is 0 Å². The minimum atomic E-state index is -3.42. The summed E-state index contributed by atoms with van der Waals surface area (Å²) in [6.07, 6.45) is -4.08. The summed E-state index contributed by atoms with van der Waals surface area (Å²) in [4.78, 5) is 59.7. The molecule has 2 aromatic rings. The van der Waals surface area contributed by atoms with Crippen LogP contribution in [0.1, 0.15) is 108 Å². The predicted molar refractivity (Wildman–Crippen MR) is 249 cm³/mol. The monoisotopic (exact) mass is 990 g/mol. The Bertz CT molecular complexity index is 1980. The highest BCUT2D eigenvalue weighted by atomic mass is 79.9. The van der Waals surface area contributed by atoms with Crippen molar-refractivity contribution in [1.82, 2.24) is 0 Å². The van der Waals surface area contributed by atoms with Gasteiger partial charge < -0.3 is 47.4 Å². The van der Waals surface area contributed by atoms with Crippen LogP contribution in [0.15, 0.2) is 72.8 Å². The molecule has 0 aromatic heterocycles. The molecule has 2 aliphatic rings. The van der Waals surface area contributed by atoms with Crippen LogP contribution in [0, 0.1) is 5.92 Å². The molecule has 362 valence electrons. The lowest BCUT2D eigenvalue weighted by Crippen LogP contribution is -2.79. The van der Waals surface area contributed by atoms with Crippen molar-refractivity contribution in [1.29, 1.82) is 0 Å². The quantitative estimate of drug-likeness (QED) is 0.0556. The Morgan fingerprint density at radius 1 is 0.754 bits per heavy atom. The van der Waals surface area contributed by atoms with Crippen molar-refractivity contribution in [3.8, 4) is 0 Å². The Hall–Kier alpha value is -3.64. The molecule has 2 aliphatic heterocycles. The van der Waals surface area contributed by atoms with Gasteiger partial charge in [0.05, 0.1) is 12.7 Å². The van der Waals surface area contributed by atoms with Crippen LogP contribution in [-0.4, -0.2) is 106 Å². The van der Waals surface area contributed by atoms with Gasteiger partial charge in [-0.15, -0.1) is 0 Å². The van der Waals surface area contributed by atoms with Crippen LogP contribution in [0.3, 0.4) is 0 Å². The standard InChI is InChI=1S/C49H71BrO14Si/c1-32(29-33-23-18-16-19-24-33)35(63-65(14,15)31-50)27-22-28-47-36(57-42(54)62-46(11,12)13)37(56-30-34-25-20-17-21-26-34)49(64-47,41(53)61-45(8,9)10)48(55,40(52)60-44(5,6)7)38(58-47)39(51)59-43(2,3)4/h16-27,32,35-38,55H,28-31H2,1-15H3/b27-22+/t32-,35-,36-,37-,38-,47+,48-,49+/m1/s1. The van der Waals surface area contributed by atoms with Gasteiger partial charge in [-0.3, -0.25) is 0 Å². The van der Waals surface area contributed by atoms with Crippen molar-refractivity contribution < 1.29 is 66.6 Å². The molecule has 65 heavy (non-hydrogen) atoms. The summed E-state index contributed by atoms with van der Waals surface area (Å²) < 4.78 is 56.5. The Morgan fingerprint density at radius 3 is 1.77 bits per heavy atom.